The van der Waals surface area contributed by atoms with Crippen molar-refractivity contribution in [3.63, 3.8) is 0 Å². The van der Waals surface area contributed by atoms with Crippen molar-refractivity contribution in [2.24, 2.45) is 0 Å². The van der Waals surface area contributed by atoms with Crippen LogP contribution < -0.4 is 0 Å². The Labute approximate surface area is 76.0 Å². The standard InChI is InChI=1S/C9H11NOS/c1-6(2)4-8(11)9-5-10-7(3)12-9/h5H,1,4H2,2-3H3. The van der Waals surface area contributed by atoms with E-state index in [1.807, 2.05) is 13.8 Å². The van der Waals surface area contributed by atoms with Gasteiger partial charge in [0, 0.05) is 12.6 Å². The third kappa shape index (κ3) is 2.27. The first-order valence-corrected chi connectivity index (χ1v) is 4.51. The molecular weight excluding hydrogens is 170 g/mol. The number of aryl methyl sites for hydroxylation is 1. The maximum Gasteiger partial charge on any atom is 0.178 e. The average molecular weight is 181 g/mol. The van der Waals surface area contributed by atoms with E-state index in [1.165, 1.54) is 11.3 Å². The molecule has 0 aromatic carbocycles. The Morgan fingerprint density at radius 3 is 2.83 bits per heavy atom. The van der Waals surface area contributed by atoms with Crippen molar-refractivity contribution in [1.82, 2.24) is 4.98 Å². The highest BCUT2D eigenvalue weighted by atomic mass is 32.1. The lowest BCUT2D eigenvalue weighted by Crippen LogP contribution is -1.95. The van der Waals surface area contributed by atoms with Crippen molar-refractivity contribution in [1.29, 1.82) is 0 Å². The van der Waals surface area contributed by atoms with E-state index in [2.05, 4.69) is 11.6 Å². The van der Waals surface area contributed by atoms with Crippen LogP contribution in [0, 0.1) is 6.92 Å². The van der Waals surface area contributed by atoms with E-state index in [1.54, 1.807) is 6.20 Å². The van der Waals surface area contributed by atoms with Crippen molar-refractivity contribution < 1.29 is 4.79 Å². The summed E-state index contributed by atoms with van der Waals surface area (Å²) in [7, 11) is 0. The predicted octanol–water partition coefficient (Wildman–Crippen LogP) is 2.60. The molecule has 1 rings (SSSR count). The first-order chi connectivity index (χ1) is 5.59. The summed E-state index contributed by atoms with van der Waals surface area (Å²) in [5.41, 5.74) is 0.894. The summed E-state index contributed by atoms with van der Waals surface area (Å²) in [6.45, 7) is 7.43. The second-order valence-electron chi connectivity index (χ2n) is 2.80. The minimum atomic E-state index is 0.119. The molecule has 0 saturated carbocycles. The van der Waals surface area contributed by atoms with Gasteiger partial charge < -0.3 is 0 Å². The lowest BCUT2D eigenvalue weighted by atomic mass is 10.1. The number of carbonyl (C=O) groups excluding carboxylic acids is 1. The summed E-state index contributed by atoms with van der Waals surface area (Å²) in [6.07, 6.45) is 2.06. The number of hydrogen-bond acceptors (Lipinski definition) is 3. The minimum absolute atomic E-state index is 0.119. The van der Waals surface area contributed by atoms with Crippen molar-refractivity contribution in [3.05, 3.63) is 28.2 Å². The molecule has 0 radical (unpaired) electrons. The molecule has 12 heavy (non-hydrogen) atoms. The number of carbonyl (C=O) groups is 1. The molecule has 1 aromatic heterocycles. The molecule has 3 heteroatoms. The molecule has 0 spiro atoms. The second kappa shape index (κ2) is 3.63. The molecule has 0 aliphatic rings. The van der Waals surface area contributed by atoms with E-state index in [0.29, 0.717) is 6.42 Å². The molecule has 0 aliphatic carbocycles. The molecule has 0 N–H and O–H groups in total. The SMILES string of the molecule is C=C(C)CC(=O)c1cnc(C)s1. The van der Waals surface area contributed by atoms with Crippen LogP contribution in [0.4, 0.5) is 0 Å². The highest BCUT2D eigenvalue weighted by Gasteiger charge is 2.08. The number of ketones is 1. The van der Waals surface area contributed by atoms with Crippen molar-refractivity contribution in [2.45, 2.75) is 20.3 Å². The maximum atomic E-state index is 11.4. The van der Waals surface area contributed by atoms with Gasteiger partial charge in [0.15, 0.2) is 5.78 Å². The van der Waals surface area contributed by atoms with Gasteiger partial charge in [-0.05, 0) is 13.8 Å². The number of aromatic nitrogens is 1. The molecule has 0 unspecified atom stereocenters. The first kappa shape index (κ1) is 9.13. The minimum Gasteiger partial charge on any atom is -0.293 e. The molecule has 0 saturated heterocycles. The summed E-state index contributed by atoms with van der Waals surface area (Å²) >= 11 is 1.44. The van der Waals surface area contributed by atoms with E-state index in [0.717, 1.165) is 15.5 Å². The van der Waals surface area contributed by atoms with Crippen LogP contribution in [0.3, 0.4) is 0 Å². The zero-order valence-corrected chi connectivity index (χ0v) is 8.07. The largest absolute Gasteiger partial charge is 0.293 e. The molecule has 0 aliphatic heterocycles. The van der Waals surface area contributed by atoms with Crippen LogP contribution in [0.1, 0.15) is 28.0 Å². The van der Waals surface area contributed by atoms with Crippen LogP contribution in [0.25, 0.3) is 0 Å². The predicted molar refractivity (Wildman–Crippen MR) is 50.6 cm³/mol. The van der Waals surface area contributed by atoms with Crippen molar-refractivity contribution in [2.75, 3.05) is 0 Å². The second-order valence-corrected chi connectivity index (χ2v) is 4.04. The van der Waals surface area contributed by atoms with Gasteiger partial charge in [0.05, 0.1) is 9.88 Å². The third-order valence-corrected chi connectivity index (χ3v) is 2.31. The molecule has 1 aromatic rings. The van der Waals surface area contributed by atoms with Gasteiger partial charge in [-0.15, -0.1) is 11.3 Å². The Morgan fingerprint density at radius 1 is 1.75 bits per heavy atom. The van der Waals surface area contributed by atoms with Gasteiger partial charge in [0.1, 0.15) is 0 Å². The lowest BCUT2D eigenvalue weighted by Gasteiger charge is -1.93. The molecule has 64 valence electrons. The number of allylic oxidation sites excluding steroid dienone is 1. The quantitative estimate of drug-likeness (QED) is 0.530. The monoisotopic (exact) mass is 181 g/mol. The van der Waals surface area contributed by atoms with Crippen molar-refractivity contribution in [3.8, 4) is 0 Å². The third-order valence-electron chi connectivity index (χ3n) is 1.36. The van der Waals surface area contributed by atoms with Crippen LogP contribution in [0.5, 0.6) is 0 Å². The Bertz CT molecular complexity index is 314. The van der Waals surface area contributed by atoms with E-state index in [9.17, 15) is 4.79 Å². The van der Waals surface area contributed by atoms with Crippen molar-refractivity contribution >= 4 is 17.1 Å². The number of thiazole rings is 1. The maximum absolute atomic E-state index is 11.4. The van der Waals surface area contributed by atoms with Gasteiger partial charge >= 0.3 is 0 Å². The van der Waals surface area contributed by atoms with Gasteiger partial charge in [0.25, 0.3) is 0 Å². The van der Waals surface area contributed by atoms with Crippen LogP contribution in [-0.2, 0) is 0 Å². The van der Waals surface area contributed by atoms with Gasteiger partial charge in [-0.1, -0.05) is 12.2 Å². The van der Waals surface area contributed by atoms with Crippen LogP contribution >= 0.6 is 11.3 Å². The molecule has 0 bridgehead atoms. The van der Waals surface area contributed by atoms with E-state index in [4.69, 9.17) is 0 Å². The van der Waals surface area contributed by atoms with Crippen LogP contribution in [-0.4, -0.2) is 10.8 Å². The van der Waals surface area contributed by atoms with E-state index < -0.39 is 0 Å². The topological polar surface area (TPSA) is 30.0 Å². The zero-order chi connectivity index (χ0) is 9.14. The number of nitrogens with zero attached hydrogens (tertiary/aromatic N) is 1. The lowest BCUT2D eigenvalue weighted by molar-refractivity contribution is 0.0997. The van der Waals surface area contributed by atoms with Gasteiger partial charge in [-0.25, -0.2) is 4.98 Å². The molecule has 0 fully saturated rings. The molecular formula is C9H11NOS. The molecule has 0 atom stereocenters. The Balaban J connectivity index is 2.72. The highest BCUT2D eigenvalue weighted by Crippen LogP contribution is 2.15. The Kier molecular flexibility index (Phi) is 2.76. The summed E-state index contributed by atoms with van der Waals surface area (Å²) in [5, 5.41) is 0.931. The summed E-state index contributed by atoms with van der Waals surface area (Å²) < 4.78 is 0. The molecule has 0 amide bonds. The normalized spacial score (nSPS) is 9.83. The summed E-state index contributed by atoms with van der Waals surface area (Å²) in [5.74, 6) is 0.119. The van der Waals surface area contributed by atoms with Crippen LogP contribution in [0.2, 0.25) is 0 Å². The Morgan fingerprint density at radius 2 is 2.42 bits per heavy atom. The van der Waals surface area contributed by atoms with E-state index >= 15 is 0 Å². The number of Topliss-reactive ketones (excluding diaryl/α,β-unsaturated/α-hetero) is 1. The molecule has 1 heterocycles. The van der Waals surface area contributed by atoms with Gasteiger partial charge in [-0.2, -0.15) is 0 Å². The van der Waals surface area contributed by atoms with Gasteiger partial charge in [0.2, 0.25) is 0 Å². The van der Waals surface area contributed by atoms with E-state index in [-0.39, 0.29) is 5.78 Å². The average Bonchev–Trinajstić information content (AvgIpc) is 2.34. The highest BCUT2D eigenvalue weighted by molar-refractivity contribution is 7.13. The zero-order valence-electron chi connectivity index (χ0n) is 7.26. The fraction of sp³-hybridized carbons (Fsp3) is 0.333. The Hall–Kier alpha value is -0.960. The summed E-state index contributed by atoms with van der Waals surface area (Å²) in [6, 6.07) is 0. The number of rotatable bonds is 3. The molecule has 2 nitrogen and oxygen atoms in total. The first-order valence-electron chi connectivity index (χ1n) is 3.69. The smallest absolute Gasteiger partial charge is 0.178 e. The fourth-order valence-corrected chi connectivity index (χ4v) is 1.57. The number of hydrogen-bond donors (Lipinski definition) is 0. The summed E-state index contributed by atoms with van der Waals surface area (Å²) in [4.78, 5) is 16.1. The van der Waals surface area contributed by atoms with Crippen LogP contribution in [0.15, 0.2) is 18.3 Å². The van der Waals surface area contributed by atoms with Gasteiger partial charge in [-0.3, -0.25) is 4.79 Å². The fourth-order valence-electron chi connectivity index (χ4n) is 0.851.